The fourth-order valence-corrected chi connectivity index (χ4v) is 2.17. The largest absolute Gasteiger partial charge is 0.573 e. The minimum absolute atomic E-state index is 0.136. The number of halogens is 6. The summed E-state index contributed by atoms with van der Waals surface area (Å²) < 4.78 is 86.7. The van der Waals surface area contributed by atoms with Crippen molar-refractivity contribution in [2.24, 2.45) is 0 Å². The Kier molecular flexibility index (Phi) is 4.57. The van der Waals surface area contributed by atoms with Crippen molar-refractivity contribution in [2.45, 2.75) is 17.7 Å². The molecular weight excluding hydrogens is 355 g/mol. The summed E-state index contributed by atoms with van der Waals surface area (Å²) in [6.07, 6.45) is -9.07. The number of hydrogen-bond donors (Lipinski definition) is 0. The van der Waals surface area contributed by atoms with E-state index in [1.807, 2.05) is 0 Å². The Bertz CT molecular complexity index is 677. The first-order valence-electron chi connectivity index (χ1n) is 4.51. The summed E-state index contributed by atoms with van der Waals surface area (Å²) in [5, 5.41) is 10.5. The van der Waals surface area contributed by atoms with Crippen LogP contribution in [-0.2, 0) is 9.05 Å². The van der Waals surface area contributed by atoms with Crippen LogP contribution < -0.4 is 4.74 Å². The molecule has 0 bridgehead atoms. The van der Waals surface area contributed by atoms with Gasteiger partial charge < -0.3 is 14.9 Å². The predicted molar refractivity (Wildman–Crippen MR) is 55.6 cm³/mol. The molecule has 0 saturated carbocycles. The highest BCUT2D eigenvalue weighted by Gasteiger charge is 2.39. The lowest BCUT2D eigenvalue weighted by atomic mass is 10.3. The van der Waals surface area contributed by atoms with Crippen molar-refractivity contribution in [1.29, 1.82) is 0 Å². The van der Waals surface area contributed by atoms with Crippen molar-refractivity contribution in [3.05, 3.63) is 21.9 Å². The standard InChI is InChI=1S/C7H2ClF5N2O5S/c8-21(18,19)3-1-2(20-7(11,12)13)6(15(16)17)14-4(3)5(9)10/h1,5H. The molecule has 0 atom stereocenters. The van der Waals surface area contributed by atoms with Crippen LogP contribution in [0.4, 0.5) is 27.8 Å². The number of nitro groups is 1. The molecule has 0 spiro atoms. The molecule has 0 saturated heterocycles. The Morgan fingerprint density at radius 3 is 2.24 bits per heavy atom. The number of nitrogens with zero attached hydrogens (tertiary/aromatic N) is 2. The summed E-state index contributed by atoms with van der Waals surface area (Å²) in [6, 6.07) is -0.136. The molecule has 0 fully saturated rings. The van der Waals surface area contributed by atoms with E-state index < -0.39 is 48.9 Å². The zero-order valence-corrected chi connectivity index (χ0v) is 10.8. The summed E-state index contributed by atoms with van der Waals surface area (Å²) in [5.41, 5.74) is -1.66. The quantitative estimate of drug-likeness (QED) is 0.356. The van der Waals surface area contributed by atoms with Crippen LogP contribution in [0.3, 0.4) is 0 Å². The molecular formula is C7H2ClF5N2O5S. The van der Waals surface area contributed by atoms with Gasteiger partial charge in [-0.15, -0.1) is 13.2 Å². The van der Waals surface area contributed by atoms with E-state index in [0.717, 1.165) is 0 Å². The SMILES string of the molecule is O=[N+]([O-])c1nc(C(F)F)c(S(=O)(=O)Cl)cc1OC(F)(F)F. The van der Waals surface area contributed by atoms with Crippen LogP contribution in [0, 0.1) is 10.1 Å². The first-order valence-corrected chi connectivity index (χ1v) is 6.81. The average Bonchev–Trinajstić information content (AvgIpc) is 2.24. The number of alkyl halides is 5. The second kappa shape index (κ2) is 5.55. The molecule has 1 rings (SSSR count). The Balaban J connectivity index is 3.68. The lowest BCUT2D eigenvalue weighted by Crippen LogP contribution is -2.19. The molecule has 21 heavy (non-hydrogen) atoms. The minimum atomic E-state index is -5.44. The average molecular weight is 357 g/mol. The van der Waals surface area contributed by atoms with Gasteiger partial charge in [0, 0.05) is 16.7 Å². The number of pyridine rings is 1. The van der Waals surface area contributed by atoms with Crippen molar-refractivity contribution in [3.63, 3.8) is 0 Å². The lowest BCUT2D eigenvalue weighted by Gasteiger charge is -2.10. The molecule has 0 aliphatic rings. The predicted octanol–water partition coefficient (Wildman–Crippen LogP) is 2.75. The zero-order valence-electron chi connectivity index (χ0n) is 9.27. The molecule has 0 radical (unpaired) electrons. The van der Waals surface area contributed by atoms with Gasteiger partial charge in [-0.05, 0) is 9.91 Å². The van der Waals surface area contributed by atoms with E-state index in [-0.39, 0.29) is 6.07 Å². The highest BCUT2D eigenvalue weighted by molar-refractivity contribution is 8.13. The van der Waals surface area contributed by atoms with E-state index in [2.05, 4.69) is 9.72 Å². The second-order valence-electron chi connectivity index (χ2n) is 3.24. The number of rotatable bonds is 4. The Hall–Kier alpha value is -1.76. The maximum atomic E-state index is 12.6. The third-order valence-electron chi connectivity index (χ3n) is 1.83. The molecule has 118 valence electrons. The first kappa shape index (κ1) is 17.3. The Labute approximate surface area is 116 Å². The van der Waals surface area contributed by atoms with Crippen LogP contribution in [0.5, 0.6) is 5.75 Å². The molecule has 14 heteroatoms. The van der Waals surface area contributed by atoms with Gasteiger partial charge >= 0.3 is 18.6 Å². The summed E-state index contributed by atoms with van der Waals surface area (Å²) in [6.45, 7) is 0. The normalized spacial score (nSPS) is 12.5. The third-order valence-corrected chi connectivity index (χ3v) is 3.18. The van der Waals surface area contributed by atoms with Crippen LogP contribution in [0.15, 0.2) is 11.0 Å². The van der Waals surface area contributed by atoms with Crippen LogP contribution >= 0.6 is 10.7 Å². The van der Waals surface area contributed by atoms with Gasteiger partial charge in [-0.1, -0.05) is 0 Å². The molecule has 0 aliphatic carbocycles. The van der Waals surface area contributed by atoms with Crippen LogP contribution in [-0.4, -0.2) is 24.7 Å². The Morgan fingerprint density at radius 1 is 1.38 bits per heavy atom. The van der Waals surface area contributed by atoms with Gasteiger partial charge in [-0.2, -0.15) is 0 Å². The molecule has 7 nitrogen and oxygen atoms in total. The topological polar surface area (TPSA) is 99.4 Å². The van der Waals surface area contributed by atoms with Crippen molar-refractivity contribution in [2.75, 3.05) is 0 Å². The zero-order chi connectivity index (χ0) is 16.6. The minimum Gasteiger partial charge on any atom is -0.397 e. The van der Waals surface area contributed by atoms with E-state index in [1.165, 1.54) is 0 Å². The lowest BCUT2D eigenvalue weighted by molar-refractivity contribution is -0.393. The molecule has 0 N–H and O–H groups in total. The van der Waals surface area contributed by atoms with E-state index >= 15 is 0 Å². The highest BCUT2D eigenvalue weighted by atomic mass is 35.7. The van der Waals surface area contributed by atoms with Crippen molar-refractivity contribution >= 4 is 25.6 Å². The van der Waals surface area contributed by atoms with Crippen molar-refractivity contribution in [3.8, 4) is 5.75 Å². The van der Waals surface area contributed by atoms with Crippen LogP contribution in [0.1, 0.15) is 12.1 Å². The molecule has 1 aromatic heterocycles. The van der Waals surface area contributed by atoms with Crippen molar-refractivity contribution < 1.29 is 40.0 Å². The summed E-state index contributed by atoms with van der Waals surface area (Å²) in [5.74, 6) is -3.41. The van der Waals surface area contributed by atoms with E-state index in [0.29, 0.717) is 0 Å². The molecule has 0 unspecified atom stereocenters. The Morgan fingerprint density at radius 2 is 1.90 bits per heavy atom. The van der Waals surface area contributed by atoms with Gasteiger partial charge in [-0.3, -0.25) is 0 Å². The fraction of sp³-hybridized carbons (Fsp3) is 0.286. The molecule has 1 aromatic rings. The summed E-state index contributed by atoms with van der Waals surface area (Å²) in [4.78, 5) is 10.0. The smallest absolute Gasteiger partial charge is 0.397 e. The summed E-state index contributed by atoms with van der Waals surface area (Å²) >= 11 is 0. The van der Waals surface area contributed by atoms with E-state index in [1.54, 1.807) is 0 Å². The molecule has 0 amide bonds. The van der Waals surface area contributed by atoms with Gasteiger partial charge in [0.1, 0.15) is 4.90 Å². The van der Waals surface area contributed by atoms with E-state index in [4.69, 9.17) is 10.7 Å². The fourth-order valence-electron chi connectivity index (χ4n) is 1.16. The second-order valence-corrected chi connectivity index (χ2v) is 5.77. The van der Waals surface area contributed by atoms with E-state index in [9.17, 15) is 40.5 Å². The number of aromatic nitrogens is 1. The van der Waals surface area contributed by atoms with Gasteiger partial charge in [0.2, 0.25) is 11.4 Å². The van der Waals surface area contributed by atoms with Gasteiger partial charge in [0.25, 0.3) is 9.05 Å². The van der Waals surface area contributed by atoms with Gasteiger partial charge in [0.15, 0.2) is 0 Å². The van der Waals surface area contributed by atoms with Gasteiger partial charge in [0.05, 0.1) is 0 Å². The maximum Gasteiger partial charge on any atom is 0.573 e. The first-order chi connectivity index (χ1) is 9.33. The molecule has 1 heterocycles. The summed E-state index contributed by atoms with van der Waals surface area (Å²) in [7, 11) is -0.164. The molecule has 0 aliphatic heterocycles. The molecule has 0 aromatic carbocycles. The third kappa shape index (κ3) is 4.35. The number of ether oxygens (including phenoxy) is 1. The van der Waals surface area contributed by atoms with Gasteiger partial charge in [-0.25, -0.2) is 17.2 Å². The number of hydrogen-bond acceptors (Lipinski definition) is 6. The van der Waals surface area contributed by atoms with Crippen molar-refractivity contribution in [1.82, 2.24) is 4.98 Å². The van der Waals surface area contributed by atoms with Crippen LogP contribution in [0.25, 0.3) is 0 Å². The monoisotopic (exact) mass is 356 g/mol. The maximum absolute atomic E-state index is 12.6. The van der Waals surface area contributed by atoms with Crippen LogP contribution in [0.2, 0.25) is 0 Å². The highest BCUT2D eigenvalue weighted by Crippen LogP contribution is 2.37.